The lowest BCUT2D eigenvalue weighted by Crippen LogP contribution is -2.37. The predicted molar refractivity (Wildman–Crippen MR) is 179 cm³/mol. The number of fused-ring (bicyclic) bond motifs is 5. The molecular formula is C36H41FN6O5. The summed E-state index contributed by atoms with van der Waals surface area (Å²) in [5, 5.41) is 4.70. The highest BCUT2D eigenvalue weighted by molar-refractivity contribution is 6.00. The summed E-state index contributed by atoms with van der Waals surface area (Å²) in [5.41, 5.74) is 4.24. The third kappa shape index (κ3) is 6.92. The van der Waals surface area contributed by atoms with Gasteiger partial charge in [-0.1, -0.05) is 5.16 Å². The number of aromatic nitrogens is 4. The Morgan fingerprint density at radius 3 is 2.54 bits per heavy atom. The fraction of sp³-hybridized carbons (Fsp3) is 0.389. The van der Waals surface area contributed by atoms with Crippen molar-refractivity contribution in [2.75, 3.05) is 39.9 Å². The average Bonchev–Trinajstić information content (AvgIpc) is 3.78. The van der Waals surface area contributed by atoms with Crippen molar-refractivity contribution in [3.05, 3.63) is 82.9 Å². The van der Waals surface area contributed by atoms with Crippen molar-refractivity contribution in [2.45, 2.75) is 53.0 Å². The van der Waals surface area contributed by atoms with E-state index in [0.29, 0.717) is 104 Å². The highest BCUT2D eigenvalue weighted by Gasteiger charge is 2.23. The van der Waals surface area contributed by atoms with Crippen LogP contribution in [-0.4, -0.2) is 81.2 Å². The first-order valence-electron chi connectivity index (χ1n) is 16.3. The number of benzene rings is 2. The van der Waals surface area contributed by atoms with Crippen LogP contribution in [-0.2, 0) is 17.8 Å². The van der Waals surface area contributed by atoms with E-state index in [2.05, 4.69) is 15.1 Å². The molecule has 0 aliphatic carbocycles. The van der Waals surface area contributed by atoms with Gasteiger partial charge in [-0.05, 0) is 82.0 Å². The monoisotopic (exact) mass is 656 g/mol. The molecule has 2 bridgehead atoms. The van der Waals surface area contributed by atoms with Crippen molar-refractivity contribution in [1.29, 1.82) is 0 Å². The van der Waals surface area contributed by atoms with Gasteiger partial charge in [0, 0.05) is 67.1 Å². The zero-order valence-electron chi connectivity index (χ0n) is 27.8. The molecule has 0 saturated carbocycles. The zero-order valence-corrected chi connectivity index (χ0v) is 27.8. The van der Waals surface area contributed by atoms with Gasteiger partial charge in [-0.15, -0.1) is 0 Å². The first kappa shape index (κ1) is 32.8. The summed E-state index contributed by atoms with van der Waals surface area (Å²) < 4.78 is 33.2. The van der Waals surface area contributed by atoms with Gasteiger partial charge in [-0.25, -0.2) is 9.37 Å². The van der Waals surface area contributed by atoms with E-state index in [-0.39, 0.29) is 24.1 Å². The van der Waals surface area contributed by atoms with Gasteiger partial charge >= 0.3 is 0 Å². The summed E-state index contributed by atoms with van der Waals surface area (Å²) >= 11 is 0. The number of aryl methyl sites for hydroxylation is 3. The van der Waals surface area contributed by atoms with Crippen molar-refractivity contribution in [1.82, 2.24) is 29.5 Å². The Hall–Kier alpha value is -5.13. The lowest BCUT2D eigenvalue weighted by Gasteiger charge is -2.25. The molecule has 11 nitrogen and oxygen atoms in total. The number of halogens is 1. The van der Waals surface area contributed by atoms with Gasteiger partial charge < -0.3 is 33.3 Å². The molecule has 0 fully saturated rings. The van der Waals surface area contributed by atoms with Crippen LogP contribution in [0.15, 0.2) is 53.3 Å². The second-order valence-corrected chi connectivity index (χ2v) is 12.2. The molecule has 48 heavy (non-hydrogen) atoms. The molecule has 5 aromatic rings. The van der Waals surface area contributed by atoms with E-state index >= 15 is 0 Å². The maximum Gasteiger partial charge on any atom is 0.270 e. The smallest absolute Gasteiger partial charge is 0.270 e. The number of nitrogens with one attached hydrogen (secondary N) is 1. The number of aromatic amines is 1. The van der Waals surface area contributed by atoms with Crippen LogP contribution in [0, 0.1) is 26.6 Å². The summed E-state index contributed by atoms with van der Waals surface area (Å²) in [6.45, 7) is 8.31. The molecule has 2 aromatic carbocycles. The normalized spacial score (nSPS) is 14.8. The number of hydrogen-bond acceptors (Lipinski definition) is 7. The number of rotatable bonds is 4. The molecule has 252 valence electrons. The molecule has 0 saturated heterocycles. The van der Waals surface area contributed by atoms with Crippen LogP contribution in [0.3, 0.4) is 0 Å². The molecule has 12 heteroatoms. The Bertz CT molecular complexity index is 1910. The fourth-order valence-electron chi connectivity index (χ4n) is 6.31. The quantitative estimate of drug-likeness (QED) is 0.257. The van der Waals surface area contributed by atoms with Gasteiger partial charge in [0.05, 0.1) is 25.8 Å². The number of amides is 2. The Balaban J connectivity index is 1.29. The first-order valence-corrected chi connectivity index (χ1v) is 16.3. The molecule has 1 N–H and O–H groups in total. The molecule has 0 unspecified atom stereocenters. The summed E-state index contributed by atoms with van der Waals surface area (Å²) in [6.07, 6.45) is 5.83. The van der Waals surface area contributed by atoms with Crippen LogP contribution in [0.1, 0.15) is 52.3 Å². The number of carbonyl (C=O) groups is 2. The maximum atomic E-state index is 14.1. The lowest BCUT2D eigenvalue weighted by atomic mass is 10.1. The van der Waals surface area contributed by atoms with Crippen molar-refractivity contribution in [2.24, 2.45) is 0 Å². The van der Waals surface area contributed by atoms with E-state index in [1.165, 1.54) is 12.1 Å². The highest BCUT2D eigenvalue weighted by Crippen LogP contribution is 2.32. The average molecular weight is 657 g/mol. The number of ether oxygens (including phenoxy) is 2. The molecule has 0 spiro atoms. The number of imidazole rings is 1. The number of methoxy groups -OCH3 is 1. The van der Waals surface area contributed by atoms with Crippen LogP contribution in [0.5, 0.6) is 11.5 Å². The van der Waals surface area contributed by atoms with Gasteiger partial charge in [0.25, 0.3) is 5.91 Å². The molecule has 4 heterocycles. The Kier molecular flexibility index (Phi) is 9.79. The summed E-state index contributed by atoms with van der Waals surface area (Å²) in [6, 6.07) is 10.2. The Labute approximate surface area is 278 Å². The van der Waals surface area contributed by atoms with E-state index < -0.39 is 0 Å². The van der Waals surface area contributed by atoms with E-state index in [1.54, 1.807) is 19.4 Å². The van der Waals surface area contributed by atoms with Crippen LogP contribution in [0.4, 0.5) is 4.39 Å². The van der Waals surface area contributed by atoms with Crippen molar-refractivity contribution >= 4 is 22.7 Å². The van der Waals surface area contributed by atoms with Gasteiger partial charge in [-0.2, -0.15) is 0 Å². The lowest BCUT2D eigenvalue weighted by molar-refractivity contribution is -0.130. The molecule has 3 aromatic heterocycles. The first-order chi connectivity index (χ1) is 23.2. The minimum absolute atomic E-state index is 0.0128. The number of nitrogens with zero attached hydrogens (tertiary/aromatic N) is 5. The zero-order chi connectivity index (χ0) is 33.8. The molecule has 6 rings (SSSR count). The second kappa shape index (κ2) is 14.3. The highest BCUT2D eigenvalue weighted by atomic mass is 19.1. The molecule has 0 radical (unpaired) electrons. The summed E-state index contributed by atoms with van der Waals surface area (Å²) in [4.78, 5) is 39.2. The summed E-state index contributed by atoms with van der Waals surface area (Å²) in [7, 11) is 1.60. The molecule has 0 atom stereocenters. The molecule has 2 amide bonds. The number of hydrogen-bond donors (Lipinski definition) is 1. The predicted octanol–water partition coefficient (Wildman–Crippen LogP) is 5.87. The second-order valence-electron chi connectivity index (χ2n) is 12.2. The molecule has 1 aliphatic rings. The topological polar surface area (TPSA) is 119 Å². The van der Waals surface area contributed by atoms with Crippen LogP contribution in [0.25, 0.3) is 22.3 Å². The largest absolute Gasteiger partial charge is 0.493 e. The minimum atomic E-state index is -0.349. The van der Waals surface area contributed by atoms with Crippen molar-refractivity contribution < 1.29 is 28.0 Å². The summed E-state index contributed by atoms with van der Waals surface area (Å²) in [5.74, 6) is 2.06. The van der Waals surface area contributed by atoms with Crippen molar-refractivity contribution in [3.8, 4) is 22.9 Å². The van der Waals surface area contributed by atoms with Gasteiger partial charge in [0.2, 0.25) is 5.91 Å². The fourth-order valence-corrected chi connectivity index (χ4v) is 6.31. The van der Waals surface area contributed by atoms with Gasteiger partial charge in [0.15, 0.2) is 11.5 Å². The van der Waals surface area contributed by atoms with E-state index in [1.807, 2.05) is 59.5 Å². The minimum Gasteiger partial charge on any atom is -0.493 e. The molecular weight excluding hydrogens is 615 g/mol. The number of carbonyl (C=O) groups excluding carboxylic acids is 2. The number of H-pyrrole nitrogens is 1. The van der Waals surface area contributed by atoms with E-state index in [4.69, 9.17) is 14.0 Å². The van der Waals surface area contributed by atoms with Crippen LogP contribution < -0.4 is 9.47 Å². The standard InChI is InChI=1S/C36H41FN6O5/c1-23-28-21-27(37)9-10-30(28)39-34(23)36(45)43-14-6-5-13-41(33(44)22-29-24(2)40-48-25(29)3)15-7-19-47-32-20-26(8-11-31(32)46-4)35-38-12-16-42(35)17-18-43/h8-12,16,20-21,39H,5-7,13-15,17-19,22H2,1-4H3. The van der Waals surface area contributed by atoms with Gasteiger partial charge in [0.1, 0.15) is 23.1 Å². The third-order valence-corrected chi connectivity index (χ3v) is 9.07. The Morgan fingerprint density at radius 1 is 0.979 bits per heavy atom. The Morgan fingerprint density at radius 2 is 1.77 bits per heavy atom. The van der Waals surface area contributed by atoms with Crippen LogP contribution in [0.2, 0.25) is 0 Å². The van der Waals surface area contributed by atoms with Crippen molar-refractivity contribution in [3.63, 3.8) is 0 Å². The van der Waals surface area contributed by atoms with Crippen LogP contribution >= 0.6 is 0 Å². The SMILES string of the molecule is COc1ccc2cc1OCCCN(C(=O)Cc1c(C)noc1C)CCCCN(C(=O)c1[nH]c3ccc(F)cc3c1C)CCn1ccnc1-2. The van der Waals surface area contributed by atoms with E-state index in [0.717, 1.165) is 17.0 Å². The van der Waals surface area contributed by atoms with E-state index in [9.17, 15) is 14.0 Å². The van der Waals surface area contributed by atoms with Gasteiger partial charge in [-0.3, -0.25) is 9.59 Å². The maximum absolute atomic E-state index is 14.1. The molecule has 1 aliphatic heterocycles. The third-order valence-electron chi connectivity index (χ3n) is 9.07.